The van der Waals surface area contributed by atoms with Crippen molar-refractivity contribution in [2.24, 2.45) is 0 Å². The molecule has 1 rings (SSSR count). The molecule has 0 heterocycles. The van der Waals surface area contributed by atoms with Crippen LogP contribution < -0.4 is 5.32 Å². The zero-order valence-corrected chi connectivity index (χ0v) is 11.1. The molecule has 1 atom stereocenters. The number of aliphatic hydroxyl groups excluding tert-OH is 1. The fraction of sp³-hybridized carbons (Fsp3) is 0.538. The highest BCUT2D eigenvalue weighted by Crippen LogP contribution is 2.22. The van der Waals surface area contributed by atoms with E-state index in [2.05, 4.69) is 43.4 Å². The van der Waals surface area contributed by atoms with Crippen molar-refractivity contribution in [3.8, 4) is 0 Å². The highest BCUT2D eigenvalue weighted by molar-refractivity contribution is 7.99. The van der Waals surface area contributed by atoms with Gasteiger partial charge in [0.15, 0.2) is 0 Å². The average molecular weight is 239 g/mol. The third kappa shape index (κ3) is 4.56. The largest absolute Gasteiger partial charge is 0.391 e. The molecule has 0 aliphatic heterocycles. The van der Waals surface area contributed by atoms with E-state index >= 15 is 0 Å². The maximum atomic E-state index is 9.57. The topological polar surface area (TPSA) is 32.3 Å². The Morgan fingerprint density at radius 2 is 1.88 bits per heavy atom. The molecule has 3 heteroatoms. The van der Waals surface area contributed by atoms with Crippen LogP contribution >= 0.6 is 11.8 Å². The maximum Gasteiger partial charge on any atom is 0.0758 e. The molecule has 90 valence electrons. The standard InChI is InChI=1S/C13H21NOS/c1-10(2)11-4-6-13(7-5-11)16-9-12(15)8-14-3/h4-7,10,12,14-15H,8-9H2,1-3H3. The van der Waals surface area contributed by atoms with E-state index in [0.717, 1.165) is 5.75 Å². The second-order valence-corrected chi connectivity index (χ2v) is 5.34. The summed E-state index contributed by atoms with van der Waals surface area (Å²) < 4.78 is 0. The Kier molecular flexibility index (Phi) is 5.88. The van der Waals surface area contributed by atoms with Gasteiger partial charge in [-0.15, -0.1) is 11.8 Å². The lowest BCUT2D eigenvalue weighted by Gasteiger charge is -2.10. The first-order valence-electron chi connectivity index (χ1n) is 5.69. The highest BCUT2D eigenvalue weighted by Gasteiger charge is 2.04. The van der Waals surface area contributed by atoms with E-state index in [1.165, 1.54) is 10.5 Å². The Morgan fingerprint density at radius 3 is 2.38 bits per heavy atom. The van der Waals surface area contributed by atoms with Gasteiger partial charge in [-0.1, -0.05) is 26.0 Å². The first-order chi connectivity index (χ1) is 7.63. The molecule has 0 fully saturated rings. The molecule has 0 saturated carbocycles. The number of rotatable bonds is 6. The van der Waals surface area contributed by atoms with Gasteiger partial charge in [-0.25, -0.2) is 0 Å². The minimum absolute atomic E-state index is 0.278. The van der Waals surface area contributed by atoms with Gasteiger partial charge in [0.2, 0.25) is 0 Å². The minimum Gasteiger partial charge on any atom is -0.391 e. The first kappa shape index (κ1) is 13.6. The van der Waals surface area contributed by atoms with Gasteiger partial charge in [-0.3, -0.25) is 0 Å². The summed E-state index contributed by atoms with van der Waals surface area (Å²) in [5.74, 6) is 1.32. The highest BCUT2D eigenvalue weighted by atomic mass is 32.2. The third-order valence-corrected chi connectivity index (χ3v) is 3.59. The van der Waals surface area contributed by atoms with Gasteiger partial charge >= 0.3 is 0 Å². The molecule has 2 N–H and O–H groups in total. The molecule has 0 bridgehead atoms. The molecule has 0 saturated heterocycles. The van der Waals surface area contributed by atoms with E-state index in [9.17, 15) is 5.11 Å². The molecule has 16 heavy (non-hydrogen) atoms. The average Bonchev–Trinajstić information content (AvgIpc) is 2.27. The van der Waals surface area contributed by atoms with Crippen LogP contribution in [-0.4, -0.2) is 30.6 Å². The number of hydrogen-bond acceptors (Lipinski definition) is 3. The van der Waals surface area contributed by atoms with Crippen LogP contribution in [0.25, 0.3) is 0 Å². The Hall–Kier alpha value is -0.510. The summed E-state index contributed by atoms with van der Waals surface area (Å²) in [7, 11) is 1.85. The van der Waals surface area contributed by atoms with Gasteiger partial charge in [0, 0.05) is 17.2 Å². The van der Waals surface area contributed by atoms with Gasteiger partial charge < -0.3 is 10.4 Å². The molecule has 2 nitrogen and oxygen atoms in total. The normalized spacial score (nSPS) is 13.1. The number of nitrogens with one attached hydrogen (secondary N) is 1. The zero-order valence-electron chi connectivity index (χ0n) is 10.2. The number of aliphatic hydroxyl groups is 1. The van der Waals surface area contributed by atoms with Crippen LogP contribution in [0, 0.1) is 0 Å². The van der Waals surface area contributed by atoms with Gasteiger partial charge in [-0.2, -0.15) is 0 Å². The molecule has 1 aromatic carbocycles. The van der Waals surface area contributed by atoms with Crippen molar-refractivity contribution in [1.82, 2.24) is 5.32 Å². The lowest BCUT2D eigenvalue weighted by molar-refractivity contribution is 0.199. The molecule has 0 aliphatic carbocycles. The molecule has 1 aromatic rings. The van der Waals surface area contributed by atoms with Crippen molar-refractivity contribution in [2.75, 3.05) is 19.3 Å². The Morgan fingerprint density at radius 1 is 1.25 bits per heavy atom. The Bertz CT molecular complexity index is 297. The first-order valence-corrected chi connectivity index (χ1v) is 6.67. The lowest BCUT2D eigenvalue weighted by atomic mass is 10.0. The van der Waals surface area contributed by atoms with Gasteiger partial charge in [0.05, 0.1) is 6.10 Å². The van der Waals surface area contributed by atoms with Crippen LogP contribution in [-0.2, 0) is 0 Å². The lowest BCUT2D eigenvalue weighted by Crippen LogP contribution is -2.25. The number of thioether (sulfide) groups is 1. The molecule has 0 spiro atoms. The number of hydrogen-bond donors (Lipinski definition) is 2. The van der Waals surface area contributed by atoms with Gasteiger partial charge in [-0.05, 0) is 30.7 Å². The van der Waals surface area contributed by atoms with Crippen LogP contribution in [0.5, 0.6) is 0 Å². The summed E-state index contributed by atoms with van der Waals surface area (Å²) in [5, 5.41) is 12.5. The van der Waals surface area contributed by atoms with E-state index in [4.69, 9.17) is 0 Å². The van der Waals surface area contributed by atoms with E-state index in [0.29, 0.717) is 12.5 Å². The van der Waals surface area contributed by atoms with Crippen LogP contribution in [0.2, 0.25) is 0 Å². The number of likely N-dealkylation sites (N-methyl/N-ethyl adjacent to an activating group) is 1. The fourth-order valence-corrected chi connectivity index (χ4v) is 2.27. The van der Waals surface area contributed by atoms with Crippen molar-refractivity contribution in [3.05, 3.63) is 29.8 Å². The van der Waals surface area contributed by atoms with Crippen molar-refractivity contribution in [3.63, 3.8) is 0 Å². The van der Waals surface area contributed by atoms with Crippen LogP contribution in [0.3, 0.4) is 0 Å². The minimum atomic E-state index is -0.278. The fourth-order valence-electron chi connectivity index (χ4n) is 1.44. The predicted molar refractivity (Wildman–Crippen MR) is 71.2 cm³/mol. The second-order valence-electron chi connectivity index (χ2n) is 4.25. The van der Waals surface area contributed by atoms with E-state index in [-0.39, 0.29) is 6.10 Å². The van der Waals surface area contributed by atoms with Crippen LogP contribution in [0.15, 0.2) is 29.2 Å². The molecule has 0 amide bonds. The summed E-state index contributed by atoms with van der Waals surface area (Å²) >= 11 is 1.70. The second kappa shape index (κ2) is 6.94. The molecule has 1 unspecified atom stereocenters. The molecule has 0 aliphatic rings. The quantitative estimate of drug-likeness (QED) is 0.748. The van der Waals surface area contributed by atoms with E-state index in [1.54, 1.807) is 11.8 Å². The van der Waals surface area contributed by atoms with Crippen molar-refractivity contribution in [2.45, 2.75) is 30.8 Å². The van der Waals surface area contributed by atoms with Gasteiger partial charge in [0.1, 0.15) is 0 Å². The van der Waals surface area contributed by atoms with Crippen LogP contribution in [0.1, 0.15) is 25.3 Å². The van der Waals surface area contributed by atoms with Crippen molar-refractivity contribution < 1.29 is 5.11 Å². The summed E-state index contributed by atoms with van der Waals surface area (Å²) in [4.78, 5) is 1.22. The summed E-state index contributed by atoms with van der Waals surface area (Å²) in [6.45, 7) is 5.04. The van der Waals surface area contributed by atoms with Crippen LogP contribution in [0.4, 0.5) is 0 Å². The molecule has 0 radical (unpaired) electrons. The predicted octanol–water partition coefficient (Wildman–Crippen LogP) is 2.48. The zero-order chi connectivity index (χ0) is 12.0. The van der Waals surface area contributed by atoms with Gasteiger partial charge in [0.25, 0.3) is 0 Å². The Balaban J connectivity index is 2.43. The maximum absolute atomic E-state index is 9.57. The Labute approximate surface area is 102 Å². The molecular formula is C13H21NOS. The molecule has 0 aromatic heterocycles. The third-order valence-electron chi connectivity index (χ3n) is 2.43. The SMILES string of the molecule is CNCC(O)CSc1ccc(C(C)C)cc1. The number of benzene rings is 1. The summed E-state index contributed by atoms with van der Waals surface area (Å²) in [6, 6.07) is 8.59. The smallest absolute Gasteiger partial charge is 0.0758 e. The van der Waals surface area contributed by atoms with E-state index < -0.39 is 0 Å². The molecular weight excluding hydrogens is 218 g/mol. The van der Waals surface area contributed by atoms with E-state index in [1.807, 2.05) is 7.05 Å². The monoisotopic (exact) mass is 239 g/mol. The summed E-state index contributed by atoms with van der Waals surface area (Å²) in [6.07, 6.45) is -0.278. The van der Waals surface area contributed by atoms with Crippen molar-refractivity contribution in [1.29, 1.82) is 0 Å². The summed E-state index contributed by atoms with van der Waals surface area (Å²) in [5.41, 5.74) is 1.36. The van der Waals surface area contributed by atoms with Crippen molar-refractivity contribution >= 4 is 11.8 Å².